The van der Waals surface area contributed by atoms with Crippen LogP contribution in [-0.4, -0.2) is 20.9 Å². The highest BCUT2D eigenvalue weighted by Gasteiger charge is 2.05. The quantitative estimate of drug-likeness (QED) is 0.828. The molecule has 2 aromatic heterocycles. The molecule has 0 aliphatic carbocycles. The third kappa shape index (κ3) is 1.58. The van der Waals surface area contributed by atoms with Gasteiger partial charge in [0.25, 0.3) is 0 Å². The van der Waals surface area contributed by atoms with E-state index in [9.17, 15) is 0 Å². The Hall–Kier alpha value is -0.550. The summed E-state index contributed by atoms with van der Waals surface area (Å²) in [5, 5.41) is 8.20. The van der Waals surface area contributed by atoms with Crippen LogP contribution in [0.25, 0.3) is 5.65 Å². The first-order valence-electron chi connectivity index (χ1n) is 3.80. The molecule has 2 rings (SSSR count). The van der Waals surface area contributed by atoms with Gasteiger partial charge in [-0.3, -0.25) is 4.40 Å². The number of fused-ring (bicyclic) bond motifs is 1. The second-order valence-electron chi connectivity index (χ2n) is 2.60. The zero-order valence-corrected chi connectivity index (χ0v) is 9.47. The Labute approximate surface area is 88.7 Å². The van der Waals surface area contributed by atoms with Gasteiger partial charge in [0, 0.05) is 6.20 Å². The van der Waals surface area contributed by atoms with Crippen LogP contribution in [0.3, 0.4) is 0 Å². The number of thioether (sulfide) groups is 1. The van der Waals surface area contributed by atoms with Gasteiger partial charge in [-0.1, -0.05) is 0 Å². The molecule has 68 valence electrons. The van der Waals surface area contributed by atoms with Crippen LogP contribution in [0.5, 0.6) is 0 Å². The maximum Gasteiger partial charge on any atom is 0.175 e. The SMILES string of the molecule is CSCc1nnc2c(Br)cccn12. The van der Waals surface area contributed by atoms with Gasteiger partial charge in [-0.15, -0.1) is 10.2 Å². The molecule has 0 bridgehead atoms. The number of aromatic nitrogens is 3. The highest BCUT2D eigenvalue weighted by molar-refractivity contribution is 9.10. The second kappa shape index (κ2) is 3.67. The first kappa shape index (κ1) is 9.02. The molecular weight excluding hydrogens is 250 g/mol. The van der Waals surface area contributed by atoms with Crippen molar-refractivity contribution < 1.29 is 0 Å². The zero-order valence-electron chi connectivity index (χ0n) is 7.07. The maximum absolute atomic E-state index is 4.11. The smallest absolute Gasteiger partial charge is 0.175 e. The number of hydrogen-bond acceptors (Lipinski definition) is 3. The lowest BCUT2D eigenvalue weighted by atomic mass is 10.5. The van der Waals surface area contributed by atoms with E-state index in [-0.39, 0.29) is 0 Å². The van der Waals surface area contributed by atoms with E-state index < -0.39 is 0 Å². The Kier molecular flexibility index (Phi) is 2.55. The minimum atomic E-state index is 0.881. The molecule has 0 radical (unpaired) electrons. The molecule has 0 saturated heterocycles. The summed E-state index contributed by atoms with van der Waals surface area (Å²) >= 11 is 5.17. The number of halogens is 1. The van der Waals surface area contributed by atoms with Gasteiger partial charge in [-0.2, -0.15) is 11.8 Å². The lowest BCUT2D eigenvalue weighted by Gasteiger charge is -1.97. The highest BCUT2D eigenvalue weighted by Crippen LogP contribution is 2.17. The summed E-state index contributed by atoms with van der Waals surface area (Å²) in [5.41, 5.74) is 0.881. The van der Waals surface area contributed by atoms with Crippen LogP contribution in [0, 0.1) is 0 Å². The Morgan fingerprint density at radius 3 is 3.15 bits per heavy atom. The minimum absolute atomic E-state index is 0.881. The van der Waals surface area contributed by atoms with Crippen molar-refractivity contribution in [2.75, 3.05) is 6.26 Å². The Morgan fingerprint density at radius 1 is 1.54 bits per heavy atom. The zero-order chi connectivity index (χ0) is 9.26. The third-order valence-electron chi connectivity index (χ3n) is 1.73. The lowest BCUT2D eigenvalue weighted by Crippen LogP contribution is -1.91. The summed E-state index contributed by atoms with van der Waals surface area (Å²) in [7, 11) is 0. The molecule has 3 nitrogen and oxygen atoms in total. The molecule has 0 aliphatic rings. The molecule has 0 aromatic carbocycles. The number of nitrogens with zero attached hydrogens (tertiary/aromatic N) is 3. The summed E-state index contributed by atoms with van der Waals surface area (Å²) in [6.07, 6.45) is 4.03. The summed E-state index contributed by atoms with van der Waals surface area (Å²) < 4.78 is 2.98. The lowest BCUT2D eigenvalue weighted by molar-refractivity contribution is 0.991. The maximum atomic E-state index is 4.11. The van der Waals surface area contributed by atoms with Gasteiger partial charge in [-0.05, 0) is 34.3 Å². The normalized spacial score (nSPS) is 10.9. The van der Waals surface area contributed by atoms with E-state index in [1.54, 1.807) is 11.8 Å². The molecule has 5 heteroatoms. The second-order valence-corrected chi connectivity index (χ2v) is 4.32. The fourth-order valence-electron chi connectivity index (χ4n) is 1.16. The molecule has 0 fully saturated rings. The summed E-state index contributed by atoms with van der Waals surface area (Å²) in [4.78, 5) is 0. The molecule has 0 unspecified atom stereocenters. The summed E-state index contributed by atoms with van der Waals surface area (Å²) in [6.45, 7) is 0. The minimum Gasteiger partial charge on any atom is -0.285 e. The molecule has 2 heterocycles. The molecule has 0 spiro atoms. The fraction of sp³-hybridized carbons (Fsp3) is 0.250. The Balaban J connectivity index is 2.61. The third-order valence-corrected chi connectivity index (χ3v) is 2.90. The predicted octanol–water partition coefficient (Wildman–Crippen LogP) is 2.35. The van der Waals surface area contributed by atoms with Crippen LogP contribution >= 0.6 is 27.7 Å². The van der Waals surface area contributed by atoms with Gasteiger partial charge < -0.3 is 0 Å². The number of rotatable bonds is 2. The van der Waals surface area contributed by atoms with Crippen molar-refractivity contribution in [2.24, 2.45) is 0 Å². The molecule has 0 N–H and O–H groups in total. The summed E-state index contributed by atoms with van der Waals surface area (Å²) in [5.74, 6) is 1.88. The van der Waals surface area contributed by atoms with Gasteiger partial charge in [0.15, 0.2) is 5.65 Å². The number of pyridine rings is 1. The highest BCUT2D eigenvalue weighted by atomic mass is 79.9. The van der Waals surface area contributed by atoms with Crippen LogP contribution in [0.2, 0.25) is 0 Å². The molecule has 13 heavy (non-hydrogen) atoms. The van der Waals surface area contributed by atoms with E-state index in [1.807, 2.05) is 22.7 Å². The van der Waals surface area contributed by atoms with E-state index in [4.69, 9.17) is 0 Å². The van der Waals surface area contributed by atoms with Crippen molar-refractivity contribution in [1.29, 1.82) is 0 Å². The largest absolute Gasteiger partial charge is 0.285 e. The molecule has 0 atom stereocenters. The molecule has 2 aromatic rings. The van der Waals surface area contributed by atoms with Crippen molar-refractivity contribution in [3.8, 4) is 0 Å². The fourth-order valence-corrected chi connectivity index (χ4v) is 2.04. The Morgan fingerprint density at radius 2 is 2.38 bits per heavy atom. The first-order chi connectivity index (χ1) is 6.33. The predicted molar refractivity (Wildman–Crippen MR) is 57.9 cm³/mol. The van der Waals surface area contributed by atoms with Crippen molar-refractivity contribution in [3.05, 3.63) is 28.6 Å². The van der Waals surface area contributed by atoms with Crippen LogP contribution in [0.4, 0.5) is 0 Å². The molecule has 0 aliphatic heterocycles. The monoisotopic (exact) mass is 257 g/mol. The first-order valence-corrected chi connectivity index (χ1v) is 5.98. The Bertz CT molecular complexity index is 426. The van der Waals surface area contributed by atoms with Gasteiger partial charge in [0.2, 0.25) is 0 Å². The van der Waals surface area contributed by atoms with E-state index in [1.165, 1.54) is 0 Å². The van der Waals surface area contributed by atoms with Gasteiger partial charge in [0.1, 0.15) is 5.82 Å². The van der Waals surface area contributed by atoms with E-state index in [2.05, 4.69) is 32.4 Å². The standard InChI is InChI=1S/C8H8BrN3S/c1-13-5-7-10-11-8-6(9)3-2-4-12(7)8/h2-4H,5H2,1H3. The van der Waals surface area contributed by atoms with Gasteiger partial charge in [-0.25, -0.2) is 0 Å². The van der Waals surface area contributed by atoms with Crippen molar-refractivity contribution in [2.45, 2.75) is 5.75 Å². The van der Waals surface area contributed by atoms with Gasteiger partial charge >= 0.3 is 0 Å². The van der Waals surface area contributed by atoms with Crippen LogP contribution in [0.1, 0.15) is 5.82 Å². The van der Waals surface area contributed by atoms with E-state index in [0.29, 0.717) is 0 Å². The average Bonchev–Trinajstić information content (AvgIpc) is 2.51. The van der Waals surface area contributed by atoms with Crippen LogP contribution in [0.15, 0.2) is 22.8 Å². The van der Waals surface area contributed by atoms with Crippen molar-refractivity contribution >= 4 is 33.3 Å². The number of hydrogen-bond donors (Lipinski definition) is 0. The molecule has 0 saturated carbocycles. The van der Waals surface area contributed by atoms with Crippen LogP contribution < -0.4 is 0 Å². The van der Waals surface area contributed by atoms with Crippen molar-refractivity contribution in [3.63, 3.8) is 0 Å². The molecular formula is C8H8BrN3S. The summed E-state index contributed by atoms with van der Waals surface area (Å²) in [6, 6.07) is 3.94. The van der Waals surface area contributed by atoms with E-state index >= 15 is 0 Å². The topological polar surface area (TPSA) is 30.2 Å². The van der Waals surface area contributed by atoms with Crippen molar-refractivity contribution in [1.82, 2.24) is 14.6 Å². The van der Waals surface area contributed by atoms with Crippen LogP contribution in [-0.2, 0) is 5.75 Å². The van der Waals surface area contributed by atoms with E-state index in [0.717, 1.165) is 21.7 Å². The average molecular weight is 258 g/mol. The van der Waals surface area contributed by atoms with Gasteiger partial charge in [0.05, 0.1) is 10.2 Å². The molecule has 0 amide bonds.